The van der Waals surface area contributed by atoms with Gasteiger partial charge in [-0.15, -0.1) is 0 Å². The quantitative estimate of drug-likeness (QED) is 0.897. The number of imidazole rings is 1. The Labute approximate surface area is 132 Å². The van der Waals surface area contributed by atoms with E-state index in [0.717, 1.165) is 35.3 Å². The van der Waals surface area contributed by atoms with Crippen LogP contribution < -0.4 is 5.32 Å². The predicted octanol–water partition coefficient (Wildman–Crippen LogP) is 2.07. The van der Waals surface area contributed by atoms with E-state index in [4.69, 9.17) is 0 Å². The van der Waals surface area contributed by atoms with Crippen molar-refractivity contribution < 1.29 is 0 Å². The van der Waals surface area contributed by atoms with Crippen LogP contribution in [0.4, 0.5) is 0 Å². The maximum atomic E-state index is 4.39. The lowest BCUT2D eigenvalue weighted by Gasteiger charge is -2.15. The second-order valence-corrected chi connectivity index (χ2v) is 7.01. The van der Waals surface area contributed by atoms with Crippen molar-refractivity contribution in [1.82, 2.24) is 24.6 Å². The number of halogens is 1. The molecule has 0 amide bonds. The van der Waals surface area contributed by atoms with Crippen LogP contribution in [0.25, 0.3) is 5.65 Å². The van der Waals surface area contributed by atoms with Crippen LogP contribution in [0, 0.1) is 5.92 Å². The van der Waals surface area contributed by atoms with Crippen LogP contribution in [0.2, 0.25) is 0 Å². The fraction of sp³-hybridized carbons (Fsp3) is 0.600. The van der Waals surface area contributed by atoms with Crippen molar-refractivity contribution in [3.63, 3.8) is 0 Å². The zero-order valence-corrected chi connectivity index (χ0v) is 13.6. The van der Waals surface area contributed by atoms with Crippen LogP contribution in [0.15, 0.2) is 23.2 Å². The van der Waals surface area contributed by atoms with Crippen LogP contribution in [-0.4, -0.2) is 44.9 Å². The minimum atomic E-state index is 0.804. The largest absolute Gasteiger partial charge is 0.311 e. The first-order valence-corrected chi connectivity index (χ1v) is 8.51. The highest BCUT2D eigenvalue weighted by Crippen LogP contribution is 2.31. The number of nitrogens with zero attached hydrogens (tertiary/aromatic N) is 4. The Morgan fingerprint density at radius 1 is 1.24 bits per heavy atom. The van der Waals surface area contributed by atoms with Crippen LogP contribution in [0.5, 0.6) is 0 Å². The summed E-state index contributed by atoms with van der Waals surface area (Å²) < 4.78 is 2.93. The van der Waals surface area contributed by atoms with Gasteiger partial charge in [-0.3, -0.25) is 4.40 Å². The van der Waals surface area contributed by atoms with Gasteiger partial charge in [0.25, 0.3) is 0 Å². The van der Waals surface area contributed by atoms with Gasteiger partial charge in [0.15, 0.2) is 5.65 Å². The average Bonchev–Trinajstić information content (AvgIpc) is 3.10. The van der Waals surface area contributed by atoms with Gasteiger partial charge in [0.2, 0.25) is 0 Å². The Hall–Kier alpha value is -0.980. The van der Waals surface area contributed by atoms with Crippen LogP contribution in [-0.2, 0) is 6.54 Å². The smallest absolute Gasteiger partial charge is 0.155 e. The maximum Gasteiger partial charge on any atom is 0.155 e. The molecule has 1 N–H and O–H groups in total. The number of nitrogens with one attached hydrogen (secondary N) is 1. The third-order valence-electron chi connectivity index (χ3n) is 4.56. The number of hydrogen-bond donors (Lipinski definition) is 1. The Balaban J connectivity index is 1.32. The minimum Gasteiger partial charge on any atom is -0.311 e. The van der Waals surface area contributed by atoms with Gasteiger partial charge in [-0.05, 0) is 54.2 Å². The van der Waals surface area contributed by atoms with Crippen LogP contribution in [0.3, 0.4) is 0 Å². The molecule has 6 heteroatoms. The zero-order valence-electron chi connectivity index (χ0n) is 12.0. The molecule has 1 saturated carbocycles. The highest BCUT2D eigenvalue weighted by molar-refractivity contribution is 9.10. The second-order valence-electron chi connectivity index (χ2n) is 6.20. The number of fused-ring (bicyclic) bond motifs is 1. The molecule has 3 heterocycles. The SMILES string of the molecule is Brc1cn2c(CNCC3CCN(C4CC4)C3)cnc2cn1. The summed E-state index contributed by atoms with van der Waals surface area (Å²) in [5, 5.41) is 3.60. The number of rotatable bonds is 5. The molecule has 1 aliphatic heterocycles. The molecular weight excluding hydrogens is 330 g/mol. The number of hydrogen-bond acceptors (Lipinski definition) is 4. The van der Waals surface area contributed by atoms with Gasteiger partial charge in [-0.1, -0.05) is 0 Å². The number of likely N-dealkylation sites (tertiary alicyclic amines) is 1. The monoisotopic (exact) mass is 349 g/mol. The highest BCUT2D eigenvalue weighted by Gasteiger charge is 2.33. The topological polar surface area (TPSA) is 45.5 Å². The first-order valence-electron chi connectivity index (χ1n) is 7.72. The third-order valence-corrected chi connectivity index (χ3v) is 4.97. The van der Waals surface area contributed by atoms with E-state index in [2.05, 4.69) is 40.5 Å². The van der Waals surface area contributed by atoms with E-state index in [9.17, 15) is 0 Å². The summed E-state index contributed by atoms with van der Waals surface area (Å²) in [6.07, 6.45) is 9.88. The third kappa shape index (κ3) is 2.98. The first-order chi connectivity index (χ1) is 10.3. The molecule has 4 rings (SSSR count). The van der Waals surface area contributed by atoms with Gasteiger partial charge in [-0.25, -0.2) is 9.97 Å². The standard InChI is InChI=1S/C15H20BrN5/c16-14-10-21-13(7-19-15(21)8-18-14)6-17-5-11-3-4-20(9-11)12-1-2-12/h7-8,10-12,17H,1-6,9H2. The highest BCUT2D eigenvalue weighted by atomic mass is 79.9. The lowest BCUT2D eigenvalue weighted by Crippen LogP contribution is -2.27. The average molecular weight is 350 g/mol. The van der Waals surface area contributed by atoms with Crippen molar-refractivity contribution in [2.24, 2.45) is 5.92 Å². The molecule has 1 aliphatic carbocycles. The van der Waals surface area contributed by atoms with Gasteiger partial charge >= 0.3 is 0 Å². The Morgan fingerprint density at radius 3 is 3.00 bits per heavy atom. The van der Waals surface area contributed by atoms with Gasteiger partial charge in [0, 0.05) is 25.3 Å². The molecule has 2 aliphatic rings. The second kappa shape index (κ2) is 5.66. The van der Waals surface area contributed by atoms with Crippen molar-refractivity contribution in [3.05, 3.63) is 28.9 Å². The summed E-state index contributed by atoms with van der Waals surface area (Å²) in [7, 11) is 0. The molecule has 1 unspecified atom stereocenters. The molecule has 2 aromatic heterocycles. The minimum absolute atomic E-state index is 0.804. The summed E-state index contributed by atoms with van der Waals surface area (Å²) >= 11 is 3.41. The Bertz CT molecular complexity index is 636. The van der Waals surface area contributed by atoms with Crippen molar-refractivity contribution in [1.29, 1.82) is 0 Å². The molecule has 0 radical (unpaired) electrons. The number of aromatic nitrogens is 3. The molecule has 112 valence electrons. The van der Waals surface area contributed by atoms with Gasteiger partial charge in [0.1, 0.15) is 4.60 Å². The Morgan fingerprint density at radius 2 is 2.14 bits per heavy atom. The summed E-state index contributed by atoms with van der Waals surface area (Å²) in [6, 6.07) is 0.915. The Kier molecular flexibility index (Phi) is 3.69. The molecule has 5 nitrogen and oxygen atoms in total. The van der Waals surface area contributed by atoms with Crippen molar-refractivity contribution in [3.8, 4) is 0 Å². The molecule has 0 bridgehead atoms. The molecule has 21 heavy (non-hydrogen) atoms. The normalized spacial score (nSPS) is 23.2. The zero-order chi connectivity index (χ0) is 14.2. The van der Waals surface area contributed by atoms with E-state index in [1.807, 2.05) is 12.4 Å². The van der Waals surface area contributed by atoms with Crippen LogP contribution >= 0.6 is 15.9 Å². The maximum absolute atomic E-state index is 4.39. The van der Waals surface area contributed by atoms with E-state index >= 15 is 0 Å². The van der Waals surface area contributed by atoms with E-state index in [1.165, 1.54) is 38.0 Å². The summed E-state index contributed by atoms with van der Waals surface area (Å²) in [4.78, 5) is 11.3. The lowest BCUT2D eigenvalue weighted by atomic mass is 10.1. The molecular formula is C15H20BrN5. The molecule has 1 saturated heterocycles. The van der Waals surface area contributed by atoms with Gasteiger partial charge < -0.3 is 10.2 Å². The predicted molar refractivity (Wildman–Crippen MR) is 85.1 cm³/mol. The molecule has 1 atom stereocenters. The summed E-state index contributed by atoms with van der Waals surface area (Å²) in [5.74, 6) is 0.804. The van der Waals surface area contributed by atoms with Crippen molar-refractivity contribution in [2.75, 3.05) is 19.6 Å². The summed E-state index contributed by atoms with van der Waals surface area (Å²) in [6.45, 7) is 4.53. The fourth-order valence-corrected chi connectivity index (χ4v) is 3.56. The summed E-state index contributed by atoms with van der Waals surface area (Å²) in [5.41, 5.74) is 2.08. The lowest BCUT2D eigenvalue weighted by molar-refractivity contribution is 0.311. The van der Waals surface area contributed by atoms with Crippen molar-refractivity contribution in [2.45, 2.75) is 31.8 Å². The molecule has 2 fully saturated rings. The first kappa shape index (κ1) is 13.7. The van der Waals surface area contributed by atoms with Gasteiger partial charge in [0.05, 0.1) is 18.1 Å². The molecule has 0 spiro atoms. The molecule has 0 aromatic carbocycles. The van der Waals surface area contributed by atoms with E-state index in [0.29, 0.717) is 0 Å². The van der Waals surface area contributed by atoms with Crippen LogP contribution in [0.1, 0.15) is 25.0 Å². The van der Waals surface area contributed by atoms with E-state index in [-0.39, 0.29) is 0 Å². The van der Waals surface area contributed by atoms with E-state index in [1.54, 1.807) is 6.20 Å². The van der Waals surface area contributed by atoms with Crippen molar-refractivity contribution >= 4 is 21.6 Å². The fourth-order valence-electron chi connectivity index (χ4n) is 3.25. The van der Waals surface area contributed by atoms with E-state index < -0.39 is 0 Å². The van der Waals surface area contributed by atoms with Gasteiger partial charge in [-0.2, -0.15) is 0 Å². The molecule has 2 aromatic rings.